The van der Waals surface area contributed by atoms with Gasteiger partial charge >= 0.3 is 0 Å². The molecule has 0 spiro atoms. The molecule has 0 fully saturated rings. The third-order valence-electron chi connectivity index (χ3n) is 3.69. The Balaban J connectivity index is 2.30. The molecule has 0 unspecified atom stereocenters. The van der Waals surface area contributed by atoms with Crippen LogP contribution in [0.15, 0.2) is 77.7 Å². The monoisotopic (exact) mass is 334 g/mol. The highest BCUT2D eigenvalue weighted by molar-refractivity contribution is 8.00. The number of thioether (sulfide) groups is 1. The van der Waals surface area contributed by atoms with Gasteiger partial charge in [0.15, 0.2) is 0 Å². The maximum atomic E-state index is 10.6. The maximum absolute atomic E-state index is 10.6. The molecular weight excluding hydrogens is 312 g/mol. The Morgan fingerprint density at radius 3 is 1.67 bits per heavy atom. The lowest BCUT2D eigenvalue weighted by Gasteiger charge is -2.23. The molecule has 122 valence electrons. The van der Waals surface area contributed by atoms with E-state index in [1.165, 1.54) is 4.90 Å². The minimum atomic E-state index is 0.0917. The minimum Gasteiger partial charge on any atom is -0.507 e. The first kappa shape index (κ1) is 16.7. The molecule has 0 atom stereocenters. The fourth-order valence-corrected chi connectivity index (χ4v) is 3.89. The molecule has 2 heteroatoms. The van der Waals surface area contributed by atoms with Crippen molar-refractivity contribution < 1.29 is 5.11 Å². The lowest BCUT2D eigenvalue weighted by Crippen LogP contribution is -2.07. The molecule has 1 N–H and O–H groups in total. The van der Waals surface area contributed by atoms with Gasteiger partial charge < -0.3 is 5.11 Å². The third-order valence-corrected chi connectivity index (χ3v) is 4.86. The second-order valence-corrected chi connectivity index (χ2v) is 8.65. The summed E-state index contributed by atoms with van der Waals surface area (Å²) in [5, 5.41) is 10.6. The van der Waals surface area contributed by atoms with Gasteiger partial charge in [0.2, 0.25) is 0 Å². The molecule has 0 aliphatic heterocycles. The molecule has 24 heavy (non-hydrogen) atoms. The Hall–Kier alpha value is -2.19. The molecule has 0 bridgehead atoms. The molecule has 3 rings (SSSR count). The van der Waals surface area contributed by atoms with Crippen LogP contribution in [0.4, 0.5) is 0 Å². The van der Waals surface area contributed by atoms with Crippen molar-refractivity contribution in [3.05, 3.63) is 72.8 Å². The Morgan fingerprint density at radius 2 is 1.17 bits per heavy atom. The Kier molecular flexibility index (Phi) is 4.68. The van der Waals surface area contributed by atoms with Crippen molar-refractivity contribution in [2.75, 3.05) is 0 Å². The highest BCUT2D eigenvalue weighted by Crippen LogP contribution is 2.46. The molecule has 0 heterocycles. The first-order valence-electron chi connectivity index (χ1n) is 8.11. The van der Waals surface area contributed by atoms with E-state index in [9.17, 15) is 5.11 Å². The SMILES string of the molecule is CC(C)(C)Sc1ccc(O)c(-c2ccccc2)c1-c1ccccc1. The van der Waals surface area contributed by atoms with Crippen molar-refractivity contribution in [3.8, 4) is 28.0 Å². The predicted molar refractivity (Wildman–Crippen MR) is 105 cm³/mol. The van der Waals surface area contributed by atoms with Gasteiger partial charge in [0.1, 0.15) is 5.75 Å². The van der Waals surface area contributed by atoms with Crippen molar-refractivity contribution in [1.82, 2.24) is 0 Å². The Labute approximate surface area is 148 Å². The molecule has 0 radical (unpaired) electrons. The number of benzene rings is 3. The van der Waals surface area contributed by atoms with E-state index in [0.717, 1.165) is 22.3 Å². The van der Waals surface area contributed by atoms with Crippen LogP contribution >= 0.6 is 11.8 Å². The molecule has 3 aromatic rings. The third kappa shape index (κ3) is 3.65. The van der Waals surface area contributed by atoms with Gasteiger partial charge in [-0.05, 0) is 23.3 Å². The van der Waals surface area contributed by atoms with E-state index >= 15 is 0 Å². The first-order valence-corrected chi connectivity index (χ1v) is 8.93. The van der Waals surface area contributed by atoms with Crippen molar-refractivity contribution in [1.29, 1.82) is 0 Å². The average Bonchev–Trinajstić information content (AvgIpc) is 2.56. The van der Waals surface area contributed by atoms with E-state index in [4.69, 9.17) is 0 Å². The summed E-state index contributed by atoms with van der Waals surface area (Å²) in [6.45, 7) is 6.63. The summed E-state index contributed by atoms with van der Waals surface area (Å²) in [6, 6.07) is 24.3. The van der Waals surface area contributed by atoms with Gasteiger partial charge in [-0.3, -0.25) is 0 Å². The lowest BCUT2D eigenvalue weighted by atomic mass is 9.93. The van der Waals surface area contributed by atoms with Gasteiger partial charge in [-0.25, -0.2) is 0 Å². The van der Waals surface area contributed by atoms with Crippen LogP contribution < -0.4 is 0 Å². The van der Waals surface area contributed by atoms with Gasteiger partial charge in [0, 0.05) is 20.8 Å². The summed E-state index contributed by atoms with van der Waals surface area (Å²) in [4.78, 5) is 1.19. The fraction of sp³-hybridized carbons (Fsp3) is 0.182. The second-order valence-electron chi connectivity index (χ2n) is 6.78. The van der Waals surface area contributed by atoms with Gasteiger partial charge in [-0.2, -0.15) is 0 Å². The fourth-order valence-electron chi connectivity index (χ4n) is 2.78. The summed E-state index contributed by atoms with van der Waals surface area (Å²) < 4.78 is 0.0917. The molecular formula is C22H22OS. The molecule has 0 saturated carbocycles. The van der Waals surface area contributed by atoms with Crippen LogP contribution in [0.25, 0.3) is 22.3 Å². The van der Waals surface area contributed by atoms with Crippen LogP contribution in [-0.2, 0) is 0 Å². The van der Waals surface area contributed by atoms with Crippen LogP contribution in [0.2, 0.25) is 0 Å². The maximum Gasteiger partial charge on any atom is 0.124 e. The van der Waals surface area contributed by atoms with Crippen LogP contribution in [0, 0.1) is 0 Å². The normalized spacial score (nSPS) is 11.5. The number of aromatic hydroxyl groups is 1. The van der Waals surface area contributed by atoms with Crippen LogP contribution in [-0.4, -0.2) is 9.85 Å². The Bertz CT molecular complexity index is 818. The van der Waals surface area contributed by atoms with Crippen LogP contribution in [0.5, 0.6) is 5.75 Å². The predicted octanol–water partition coefficient (Wildman–Crippen LogP) is 6.62. The number of hydrogen-bond donors (Lipinski definition) is 1. The van der Waals surface area contributed by atoms with E-state index in [-0.39, 0.29) is 4.75 Å². The van der Waals surface area contributed by atoms with Crippen molar-refractivity contribution >= 4 is 11.8 Å². The summed E-state index contributed by atoms with van der Waals surface area (Å²) in [5.41, 5.74) is 4.15. The van der Waals surface area contributed by atoms with E-state index in [1.54, 1.807) is 0 Å². The van der Waals surface area contributed by atoms with Crippen molar-refractivity contribution in [2.24, 2.45) is 0 Å². The topological polar surface area (TPSA) is 20.2 Å². The lowest BCUT2D eigenvalue weighted by molar-refractivity contribution is 0.477. The van der Waals surface area contributed by atoms with Crippen LogP contribution in [0.1, 0.15) is 20.8 Å². The molecule has 0 aliphatic rings. The van der Waals surface area contributed by atoms with Gasteiger partial charge in [-0.15, -0.1) is 11.8 Å². The average molecular weight is 334 g/mol. The highest BCUT2D eigenvalue weighted by Gasteiger charge is 2.21. The summed E-state index contributed by atoms with van der Waals surface area (Å²) >= 11 is 1.83. The smallest absolute Gasteiger partial charge is 0.124 e. The largest absolute Gasteiger partial charge is 0.507 e. The molecule has 0 aromatic heterocycles. The zero-order chi connectivity index (χ0) is 17.2. The van der Waals surface area contributed by atoms with E-state index in [0.29, 0.717) is 5.75 Å². The van der Waals surface area contributed by atoms with E-state index in [2.05, 4.69) is 32.9 Å². The molecule has 1 nitrogen and oxygen atoms in total. The quantitative estimate of drug-likeness (QED) is 0.543. The molecule has 0 saturated heterocycles. The minimum absolute atomic E-state index is 0.0917. The van der Waals surface area contributed by atoms with Gasteiger partial charge in [0.25, 0.3) is 0 Å². The van der Waals surface area contributed by atoms with E-state index in [1.807, 2.05) is 72.4 Å². The number of phenols is 1. The van der Waals surface area contributed by atoms with E-state index < -0.39 is 0 Å². The molecule has 0 aliphatic carbocycles. The number of hydrogen-bond acceptors (Lipinski definition) is 2. The number of phenolic OH excluding ortho intramolecular Hbond substituents is 1. The van der Waals surface area contributed by atoms with Crippen LogP contribution in [0.3, 0.4) is 0 Å². The first-order chi connectivity index (χ1) is 11.5. The molecule has 3 aromatic carbocycles. The second kappa shape index (κ2) is 6.74. The summed E-state index contributed by atoms with van der Waals surface area (Å²) in [5.74, 6) is 0.318. The van der Waals surface area contributed by atoms with Gasteiger partial charge in [-0.1, -0.05) is 81.4 Å². The zero-order valence-electron chi connectivity index (χ0n) is 14.3. The Morgan fingerprint density at radius 1 is 0.667 bits per heavy atom. The highest BCUT2D eigenvalue weighted by atomic mass is 32.2. The summed E-state index contributed by atoms with van der Waals surface area (Å²) in [7, 11) is 0. The molecule has 0 amide bonds. The summed E-state index contributed by atoms with van der Waals surface area (Å²) in [6.07, 6.45) is 0. The van der Waals surface area contributed by atoms with Crippen molar-refractivity contribution in [3.63, 3.8) is 0 Å². The standard InChI is InChI=1S/C22H22OS/c1-22(2,3)24-19-15-14-18(23)20(16-10-6-4-7-11-16)21(19)17-12-8-5-9-13-17/h4-15,23H,1-3H3. The zero-order valence-corrected chi connectivity index (χ0v) is 15.1. The van der Waals surface area contributed by atoms with Gasteiger partial charge in [0.05, 0.1) is 0 Å². The van der Waals surface area contributed by atoms with Crippen molar-refractivity contribution in [2.45, 2.75) is 30.4 Å². The number of rotatable bonds is 3.